The van der Waals surface area contributed by atoms with E-state index in [1.165, 1.54) is 11.3 Å². The number of hydrogen-bond donors (Lipinski definition) is 2. The van der Waals surface area contributed by atoms with Gasteiger partial charge in [0, 0.05) is 55.8 Å². The summed E-state index contributed by atoms with van der Waals surface area (Å²) in [7, 11) is 0. The van der Waals surface area contributed by atoms with Crippen LogP contribution in [0.25, 0.3) is 0 Å². The van der Waals surface area contributed by atoms with Gasteiger partial charge in [-0.2, -0.15) is 4.98 Å². The number of nitrogens with zero attached hydrogens (tertiary/aromatic N) is 3. The summed E-state index contributed by atoms with van der Waals surface area (Å²) < 4.78 is 11.8. The topological polar surface area (TPSA) is 93.0 Å². The maximum atomic E-state index is 11.6. The van der Waals surface area contributed by atoms with Crippen LogP contribution in [-0.4, -0.2) is 68.3 Å². The van der Waals surface area contributed by atoms with Crippen LogP contribution in [0, 0.1) is 5.92 Å². The second-order valence-corrected chi connectivity index (χ2v) is 9.46. The molecule has 2 aromatic rings. The number of benzene rings is 1. The first-order valence-electron chi connectivity index (χ1n) is 12.5. The van der Waals surface area contributed by atoms with Gasteiger partial charge in [0.15, 0.2) is 0 Å². The van der Waals surface area contributed by atoms with E-state index in [0.717, 1.165) is 76.3 Å². The lowest BCUT2D eigenvalue weighted by Gasteiger charge is -2.38. The van der Waals surface area contributed by atoms with Crippen LogP contribution in [0.1, 0.15) is 30.4 Å². The third kappa shape index (κ3) is 5.28. The van der Waals surface area contributed by atoms with E-state index in [-0.39, 0.29) is 5.91 Å². The van der Waals surface area contributed by atoms with Gasteiger partial charge < -0.3 is 25.4 Å². The van der Waals surface area contributed by atoms with Gasteiger partial charge in [0.2, 0.25) is 11.8 Å². The molecule has 1 amide bonds. The molecule has 3 aliphatic heterocycles. The molecule has 4 heterocycles. The number of amides is 1. The lowest BCUT2D eigenvalue weighted by Crippen LogP contribution is -2.47. The number of nitrogens with one attached hydrogen (secondary N) is 1. The van der Waals surface area contributed by atoms with Crippen molar-refractivity contribution in [2.24, 2.45) is 11.7 Å². The summed E-state index contributed by atoms with van der Waals surface area (Å²) in [6, 6.07) is 10.3. The van der Waals surface area contributed by atoms with Crippen molar-refractivity contribution in [3.63, 3.8) is 0 Å². The molecule has 1 aromatic carbocycles. The smallest absolute Gasteiger partial charge is 0.225 e. The minimum Gasteiger partial charge on any atom is -0.493 e. The molecule has 8 nitrogen and oxygen atoms in total. The molecular formula is C26H35N5O3. The highest BCUT2D eigenvalue weighted by atomic mass is 16.5. The average molecular weight is 466 g/mol. The monoisotopic (exact) mass is 465 g/mol. The Morgan fingerprint density at radius 2 is 2.00 bits per heavy atom. The first-order chi connectivity index (χ1) is 16.7. The van der Waals surface area contributed by atoms with E-state index in [0.29, 0.717) is 37.2 Å². The van der Waals surface area contributed by atoms with Crippen molar-refractivity contribution in [1.82, 2.24) is 9.88 Å². The predicted octanol–water partition coefficient (Wildman–Crippen LogP) is 2.46. The molecule has 0 aliphatic carbocycles. The highest BCUT2D eigenvalue weighted by Crippen LogP contribution is 2.35. The Kier molecular flexibility index (Phi) is 7.16. The number of carbonyl (C=O) groups is 1. The second-order valence-electron chi connectivity index (χ2n) is 9.46. The number of nitrogens with two attached hydrogens (primary N) is 1. The maximum absolute atomic E-state index is 11.6. The van der Waals surface area contributed by atoms with E-state index >= 15 is 0 Å². The molecule has 0 radical (unpaired) electrons. The molecule has 34 heavy (non-hydrogen) atoms. The number of aryl methyl sites for hydroxylation is 1. The molecule has 8 heteroatoms. The first kappa shape index (κ1) is 22.9. The number of piperazine rings is 1. The van der Waals surface area contributed by atoms with Crippen molar-refractivity contribution in [3.8, 4) is 11.6 Å². The number of pyridine rings is 1. The zero-order chi connectivity index (χ0) is 23.3. The molecule has 0 spiro atoms. The zero-order valence-electron chi connectivity index (χ0n) is 19.8. The third-order valence-electron chi connectivity index (χ3n) is 7.07. The summed E-state index contributed by atoms with van der Waals surface area (Å²) in [5, 5.41) is 2.83. The number of anilines is 2. The van der Waals surface area contributed by atoms with Crippen molar-refractivity contribution in [2.45, 2.75) is 32.1 Å². The molecule has 0 saturated carbocycles. The fourth-order valence-electron chi connectivity index (χ4n) is 5.03. The summed E-state index contributed by atoms with van der Waals surface area (Å²) in [5.74, 6) is 2.70. The summed E-state index contributed by atoms with van der Waals surface area (Å²) in [6.07, 6.45) is 4.35. The normalized spacial score (nSPS) is 20.2. The van der Waals surface area contributed by atoms with Crippen LogP contribution in [0.3, 0.4) is 0 Å². The minimum atomic E-state index is 0.0254. The highest BCUT2D eigenvalue weighted by molar-refractivity contribution is 5.92. The van der Waals surface area contributed by atoms with E-state index in [1.807, 2.05) is 12.1 Å². The lowest BCUT2D eigenvalue weighted by atomic mass is 9.95. The SMILES string of the molecule is NCC1COc2cccc(N3CCN(CCCCOc4ccc5c(n4)NC(=O)CC5)CC3)c2C1. The summed E-state index contributed by atoms with van der Waals surface area (Å²) in [4.78, 5) is 21.1. The van der Waals surface area contributed by atoms with Gasteiger partial charge in [-0.3, -0.25) is 9.69 Å². The lowest BCUT2D eigenvalue weighted by molar-refractivity contribution is -0.116. The van der Waals surface area contributed by atoms with E-state index in [4.69, 9.17) is 15.2 Å². The zero-order valence-corrected chi connectivity index (χ0v) is 19.8. The Morgan fingerprint density at radius 3 is 2.85 bits per heavy atom. The highest BCUT2D eigenvalue weighted by Gasteiger charge is 2.25. The second kappa shape index (κ2) is 10.6. The largest absolute Gasteiger partial charge is 0.493 e. The summed E-state index contributed by atoms with van der Waals surface area (Å²) in [5.41, 5.74) is 9.63. The van der Waals surface area contributed by atoms with Gasteiger partial charge in [-0.05, 0) is 62.5 Å². The van der Waals surface area contributed by atoms with Crippen LogP contribution < -0.4 is 25.4 Å². The fraction of sp³-hybridized carbons (Fsp3) is 0.538. The number of aromatic nitrogens is 1. The Bertz CT molecular complexity index is 1010. The molecule has 3 N–H and O–H groups in total. The first-order valence-corrected chi connectivity index (χ1v) is 12.5. The van der Waals surface area contributed by atoms with Crippen LogP contribution in [-0.2, 0) is 17.6 Å². The molecule has 5 rings (SSSR count). The number of unbranched alkanes of at least 4 members (excludes halogenated alkanes) is 1. The van der Waals surface area contributed by atoms with Crippen molar-refractivity contribution >= 4 is 17.4 Å². The van der Waals surface area contributed by atoms with E-state index in [1.54, 1.807) is 0 Å². The standard InChI is InChI=1S/C26H35N5O3/c27-17-19-16-21-22(4-3-5-23(21)34-18-19)31-13-11-30(12-14-31)10-1-2-15-33-25-9-7-20-6-8-24(32)28-26(20)29-25/h3-5,7,9,19H,1-2,6,8,10-18,27H2,(H,28,29,32). The molecule has 1 aromatic heterocycles. The van der Waals surface area contributed by atoms with Crippen molar-refractivity contribution < 1.29 is 14.3 Å². The van der Waals surface area contributed by atoms with Gasteiger partial charge in [-0.15, -0.1) is 0 Å². The summed E-state index contributed by atoms with van der Waals surface area (Å²) in [6.45, 7) is 7.31. The number of hydrogen-bond acceptors (Lipinski definition) is 7. The Hall–Kier alpha value is -2.84. The van der Waals surface area contributed by atoms with Gasteiger partial charge in [0.05, 0.1) is 13.2 Å². The van der Waals surface area contributed by atoms with Crippen LogP contribution in [0.2, 0.25) is 0 Å². The fourth-order valence-corrected chi connectivity index (χ4v) is 5.03. The minimum absolute atomic E-state index is 0.0254. The number of ether oxygens (including phenoxy) is 2. The molecule has 0 bridgehead atoms. The molecular weight excluding hydrogens is 430 g/mol. The third-order valence-corrected chi connectivity index (χ3v) is 7.07. The van der Waals surface area contributed by atoms with Crippen molar-refractivity contribution in [2.75, 3.05) is 62.7 Å². The van der Waals surface area contributed by atoms with Crippen LogP contribution in [0.5, 0.6) is 11.6 Å². The maximum Gasteiger partial charge on any atom is 0.225 e. The number of carbonyl (C=O) groups excluding carboxylic acids is 1. The Labute approximate surface area is 201 Å². The van der Waals surface area contributed by atoms with Gasteiger partial charge in [0.25, 0.3) is 0 Å². The van der Waals surface area contributed by atoms with E-state index in [2.05, 4.69) is 38.3 Å². The van der Waals surface area contributed by atoms with Gasteiger partial charge in [-0.1, -0.05) is 6.07 Å². The van der Waals surface area contributed by atoms with Crippen LogP contribution in [0.15, 0.2) is 30.3 Å². The Morgan fingerprint density at radius 1 is 1.12 bits per heavy atom. The van der Waals surface area contributed by atoms with Gasteiger partial charge >= 0.3 is 0 Å². The molecule has 1 saturated heterocycles. The quantitative estimate of drug-likeness (QED) is 0.579. The Balaban J connectivity index is 1.04. The number of rotatable bonds is 8. The van der Waals surface area contributed by atoms with Crippen LogP contribution in [0.4, 0.5) is 11.5 Å². The van der Waals surface area contributed by atoms with Gasteiger partial charge in [0.1, 0.15) is 11.6 Å². The molecule has 3 aliphatic rings. The molecule has 1 atom stereocenters. The van der Waals surface area contributed by atoms with Crippen LogP contribution >= 0.6 is 0 Å². The van der Waals surface area contributed by atoms with E-state index < -0.39 is 0 Å². The molecule has 1 unspecified atom stereocenters. The predicted molar refractivity (Wildman–Crippen MR) is 133 cm³/mol. The van der Waals surface area contributed by atoms with E-state index in [9.17, 15) is 4.79 Å². The van der Waals surface area contributed by atoms with Crippen molar-refractivity contribution in [3.05, 3.63) is 41.5 Å². The van der Waals surface area contributed by atoms with Crippen molar-refractivity contribution in [1.29, 1.82) is 0 Å². The average Bonchev–Trinajstić information content (AvgIpc) is 2.88. The molecule has 1 fully saturated rings. The summed E-state index contributed by atoms with van der Waals surface area (Å²) >= 11 is 0. The van der Waals surface area contributed by atoms with Gasteiger partial charge in [-0.25, -0.2) is 0 Å². The number of fused-ring (bicyclic) bond motifs is 2. The molecule has 182 valence electrons.